The Bertz CT molecular complexity index is 1920. The van der Waals surface area contributed by atoms with Crippen molar-refractivity contribution in [1.29, 1.82) is 0 Å². The normalized spacial score (nSPS) is 12.7. The fourth-order valence-electron chi connectivity index (χ4n) is 5.76. The zero-order chi connectivity index (χ0) is 30.3. The van der Waals surface area contributed by atoms with E-state index in [1.165, 1.54) is 0 Å². The molecule has 0 spiro atoms. The zero-order valence-corrected chi connectivity index (χ0v) is 27.9. The van der Waals surface area contributed by atoms with Crippen molar-refractivity contribution >= 4 is 56.3 Å². The molecule has 8 bridgehead atoms. The minimum atomic E-state index is -1.13. The van der Waals surface area contributed by atoms with Crippen LogP contribution in [0.5, 0.6) is 0 Å². The number of nitrogens with one attached hydrogen (secondary N) is 2. The first-order valence-electron chi connectivity index (χ1n) is 13.8. The molecule has 2 N–H and O–H groups in total. The number of hydrogen-bond donors (Lipinski definition) is 2. The van der Waals surface area contributed by atoms with Gasteiger partial charge in [-0.3, -0.25) is 0 Å². The fourth-order valence-corrected chi connectivity index (χ4v) is 5.76. The van der Waals surface area contributed by atoms with E-state index in [0.717, 1.165) is 89.4 Å². The molecule has 8 nitrogen and oxygen atoms in total. The van der Waals surface area contributed by atoms with Crippen molar-refractivity contribution in [3.8, 4) is 0 Å². The van der Waals surface area contributed by atoms with Crippen LogP contribution in [0.1, 0.15) is 71.7 Å². The largest absolute Gasteiger partial charge is 2.00 e. The summed E-state index contributed by atoms with van der Waals surface area (Å²) in [5, 5.41) is 22.8. The molecule has 2 aliphatic rings. The molecule has 214 valence electrons. The molecule has 3 aromatic heterocycles. The van der Waals surface area contributed by atoms with Crippen LogP contribution < -0.4 is 10.2 Å². The average molecular weight is 626 g/mol. The quantitative estimate of drug-likeness (QED) is 0.353. The zero-order valence-electron chi connectivity index (χ0n) is 24.9. The molecule has 0 aromatic carbocycles. The molecule has 5 heterocycles. The molecule has 0 atom stereocenters. The van der Waals surface area contributed by atoms with Crippen molar-refractivity contribution in [2.45, 2.75) is 53.4 Å². The molecular weight excluding hydrogens is 594 g/mol. The van der Waals surface area contributed by atoms with Gasteiger partial charge in [0.05, 0.1) is 22.8 Å². The Morgan fingerprint density at radius 3 is 1.49 bits per heavy atom. The predicted molar refractivity (Wildman–Crippen MR) is 163 cm³/mol. The molecule has 0 fully saturated rings. The van der Waals surface area contributed by atoms with Gasteiger partial charge in [0.25, 0.3) is 0 Å². The summed E-state index contributed by atoms with van der Waals surface area (Å²) in [6.45, 7) is 15.9. The molecule has 0 saturated carbocycles. The maximum atomic E-state index is 11.4. The molecule has 9 heteroatoms. The molecule has 0 radical (unpaired) electrons. The first-order valence-corrected chi connectivity index (χ1v) is 13.8. The first-order chi connectivity index (χ1) is 20.0. The molecule has 0 saturated heterocycles. The van der Waals surface area contributed by atoms with Crippen LogP contribution in [0.4, 0.5) is 0 Å². The smallest absolute Gasteiger partial charge is 0.550 e. The number of allylic oxidation sites excluding steroid dienone is 6. The number of carboxylic acid groups (broad SMARTS) is 2. The van der Waals surface area contributed by atoms with E-state index in [9.17, 15) is 19.8 Å². The Labute approximate surface area is 262 Å². The van der Waals surface area contributed by atoms with Crippen molar-refractivity contribution in [1.82, 2.24) is 19.9 Å². The van der Waals surface area contributed by atoms with E-state index in [-0.39, 0.29) is 45.2 Å². The third-order valence-corrected chi connectivity index (χ3v) is 8.20. The van der Waals surface area contributed by atoms with Gasteiger partial charge in [0, 0.05) is 45.2 Å². The summed E-state index contributed by atoms with van der Waals surface area (Å²) in [5.74, 6) is -2.27. The minimum Gasteiger partial charge on any atom is -0.550 e. The van der Waals surface area contributed by atoms with Crippen molar-refractivity contribution in [2.75, 3.05) is 0 Å². The number of nitrogens with zero attached hydrogens (tertiary/aromatic N) is 2. The number of aromatic amines is 2. The van der Waals surface area contributed by atoms with Gasteiger partial charge in [0.1, 0.15) is 0 Å². The van der Waals surface area contributed by atoms with E-state index in [0.29, 0.717) is 0 Å². The van der Waals surface area contributed by atoms with Crippen LogP contribution in [0.2, 0.25) is 0 Å². The second-order valence-electron chi connectivity index (χ2n) is 10.7. The number of hydrogen-bond acceptors (Lipinski definition) is 6. The van der Waals surface area contributed by atoms with E-state index in [1.807, 2.05) is 52.0 Å². The Morgan fingerprint density at radius 1 is 0.674 bits per heavy atom. The van der Waals surface area contributed by atoms with Gasteiger partial charge in [0.15, 0.2) is 0 Å². The van der Waals surface area contributed by atoms with E-state index >= 15 is 0 Å². The maximum Gasteiger partial charge on any atom is 2.00 e. The summed E-state index contributed by atoms with van der Waals surface area (Å²) < 4.78 is 0. The summed E-state index contributed by atoms with van der Waals surface area (Å²) in [4.78, 5) is 39.6. The summed E-state index contributed by atoms with van der Waals surface area (Å²) in [6, 6.07) is 7.78. The topological polar surface area (TPSA) is 138 Å². The second-order valence-corrected chi connectivity index (χ2v) is 10.7. The van der Waals surface area contributed by atoms with Gasteiger partial charge in [-0.25, -0.2) is 9.97 Å². The molecule has 0 unspecified atom stereocenters. The molecule has 0 aliphatic carbocycles. The molecule has 43 heavy (non-hydrogen) atoms. The van der Waals surface area contributed by atoms with Crippen molar-refractivity contribution in [2.24, 2.45) is 0 Å². The molecular formula is C34H32N4O4Zn. The third-order valence-electron chi connectivity index (χ3n) is 8.20. The fraction of sp³-hybridized carbons (Fsp3) is 0.235. The van der Waals surface area contributed by atoms with E-state index < -0.39 is 11.9 Å². The maximum absolute atomic E-state index is 11.4. The van der Waals surface area contributed by atoms with Crippen LogP contribution in [0, 0.1) is 13.8 Å². The number of H-pyrrole nitrogens is 2. The van der Waals surface area contributed by atoms with Crippen molar-refractivity contribution < 1.29 is 39.3 Å². The van der Waals surface area contributed by atoms with Gasteiger partial charge >= 0.3 is 19.5 Å². The molecule has 2 aliphatic heterocycles. The summed E-state index contributed by atoms with van der Waals surface area (Å²) in [7, 11) is 0. The third kappa shape index (κ3) is 5.95. The minimum absolute atomic E-state index is 0. The summed E-state index contributed by atoms with van der Waals surface area (Å²) >= 11 is 0. The van der Waals surface area contributed by atoms with Gasteiger partial charge in [-0.05, 0) is 111 Å². The van der Waals surface area contributed by atoms with Gasteiger partial charge in [-0.2, -0.15) is 0 Å². The van der Waals surface area contributed by atoms with Gasteiger partial charge in [0.2, 0.25) is 0 Å². The van der Waals surface area contributed by atoms with Gasteiger partial charge in [-0.1, -0.05) is 25.3 Å². The van der Waals surface area contributed by atoms with Crippen molar-refractivity contribution in [3.63, 3.8) is 0 Å². The number of aliphatic carboxylic acids is 2. The molecule has 3 aromatic rings. The number of carbonyl (C=O) groups is 2. The summed E-state index contributed by atoms with van der Waals surface area (Å²) in [5.41, 5.74) is 13.3. The van der Waals surface area contributed by atoms with Crippen LogP contribution >= 0.6 is 0 Å². The second kappa shape index (κ2) is 12.5. The number of aryl methyl sites for hydroxylation is 4. The Kier molecular flexibility index (Phi) is 9.16. The standard InChI is InChI=1S/C34H34N4O4.Zn/c1-7-21-17(3)25-13-26-19(5)23(9-11-33(39)40)31(37-26)16-32-24(10-12-34(41)42)20(6)28(38-32)15-30-22(8-2)18(4)27(36-30)14-29(21)35-25;/h7-8,13-16,37-38H,1-2,9-12H2,3-6H3,(H,39,40)(H,41,42);/q;+2/p-2. The number of aromatic nitrogens is 4. The number of carbonyl (C=O) groups excluding carboxylic acids is 2. The van der Waals surface area contributed by atoms with Crippen LogP contribution in [0.3, 0.4) is 0 Å². The van der Waals surface area contributed by atoms with E-state index in [2.05, 4.69) is 23.1 Å². The van der Waals surface area contributed by atoms with Gasteiger partial charge < -0.3 is 29.8 Å². The number of rotatable bonds is 8. The first kappa shape index (κ1) is 31.6. The number of fused-ring (bicyclic) bond motifs is 8. The van der Waals surface area contributed by atoms with Crippen LogP contribution in [0.25, 0.3) is 44.4 Å². The Balaban J connectivity index is 0.00000423. The molecule has 5 rings (SSSR count). The molecule has 0 amide bonds. The van der Waals surface area contributed by atoms with Crippen LogP contribution in [0.15, 0.2) is 49.6 Å². The van der Waals surface area contributed by atoms with Crippen LogP contribution in [-0.2, 0) is 41.9 Å². The average Bonchev–Trinajstić information content (AvgIpc) is 3.59. The van der Waals surface area contributed by atoms with Gasteiger partial charge in [-0.15, -0.1) is 0 Å². The monoisotopic (exact) mass is 624 g/mol. The van der Waals surface area contributed by atoms with Crippen LogP contribution in [-0.4, -0.2) is 31.9 Å². The number of carboxylic acids is 2. The van der Waals surface area contributed by atoms with Crippen molar-refractivity contribution in [3.05, 3.63) is 94.6 Å². The Morgan fingerprint density at radius 2 is 1.07 bits per heavy atom. The summed E-state index contributed by atoms with van der Waals surface area (Å²) in [6.07, 6.45) is 3.83. The SMILES string of the molecule is C=CC1=C(C)c2cc3[nH]c(cc4[nH]c(cc5nc(cc1n2)C(C)=C5C=C)c(C)c4CCC(=O)[O-])c(CCC(=O)[O-])c3C.[Zn+2]. The predicted octanol–water partition coefficient (Wildman–Crippen LogP) is 4.53. The van der Waals surface area contributed by atoms with E-state index in [4.69, 9.17) is 9.97 Å². The van der Waals surface area contributed by atoms with E-state index in [1.54, 1.807) is 12.2 Å². The Hall–Kier alpha value is -4.36.